The normalized spacial score (nSPS) is 18.4. The number of benzene rings is 1. The van der Waals surface area contributed by atoms with Crippen LogP contribution < -0.4 is 0 Å². The van der Waals surface area contributed by atoms with Crippen molar-refractivity contribution >= 4 is 50.8 Å². The maximum atomic E-state index is 13.1. The average molecular weight is 447 g/mol. The number of halogens is 2. The molecule has 3 rings (SSSR count). The Morgan fingerprint density at radius 2 is 1.54 bits per heavy atom. The summed E-state index contributed by atoms with van der Waals surface area (Å²) in [5.74, 6) is -2.05. The number of fused-ring (bicyclic) bond motifs is 1. The van der Waals surface area contributed by atoms with Crippen molar-refractivity contribution in [1.29, 1.82) is 0 Å². The van der Waals surface area contributed by atoms with Crippen LogP contribution >= 0.6 is 23.2 Å². The maximum Gasteiger partial charge on any atom is 0.262 e. The molecule has 2 aliphatic heterocycles. The highest BCUT2D eigenvalue weighted by molar-refractivity contribution is 7.90. The molecule has 0 bridgehead atoms. The molecule has 1 fully saturated rings. The monoisotopic (exact) mass is 446 g/mol. The quantitative estimate of drug-likeness (QED) is 0.647. The fraction of sp³-hybridized carbons (Fsp3) is 0.500. The first-order valence-electron chi connectivity index (χ1n) is 8.93. The fourth-order valence-electron chi connectivity index (χ4n) is 3.55. The Bertz CT molecular complexity index is 901. The van der Waals surface area contributed by atoms with E-state index >= 15 is 0 Å². The highest BCUT2D eigenvalue weighted by Gasteiger charge is 2.44. The summed E-state index contributed by atoms with van der Waals surface area (Å²) in [6.07, 6.45) is 3.57. The zero-order valence-corrected chi connectivity index (χ0v) is 17.6. The third kappa shape index (κ3) is 4.18. The first kappa shape index (κ1) is 21.1. The van der Waals surface area contributed by atoms with Crippen LogP contribution in [0.3, 0.4) is 0 Å². The zero-order valence-electron chi connectivity index (χ0n) is 15.3. The predicted molar refractivity (Wildman–Crippen MR) is 106 cm³/mol. The number of hydrogen-bond donors (Lipinski definition) is 0. The molecule has 0 aromatic heterocycles. The lowest BCUT2D eigenvalue weighted by Crippen LogP contribution is -2.52. The molecule has 2 aliphatic rings. The summed E-state index contributed by atoms with van der Waals surface area (Å²) in [5.41, 5.74) is 0.130. The van der Waals surface area contributed by atoms with Gasteiger partial charge in [-0.05, 0) is 37.8 Å². The fourth-order valence-corrected chi connectivity index (χ4v) is 4.53. The van der Waals surface area contributed by atoms with E-state index in [0.29, 0.717) is 13.1 Å². The number of nitrogens with zero attached hydrogens (tertiary/aromatic N) is 2. The molecule has 1 unspecified atom stereocenters. The van der Waals surface area contributed by atoms with Crippen molar-refractivity contribution in [2.75, 3.05) is 25.1 Å². The van der Waals surface area contributed by atoms with Crippen LogP contribution in [-0.2, 0) is 14.6 Å². The summed E-state index contributed by atoms with van der Waals surface area (Å²) >= 11 is 11.9. The topological polar surface area (TPSA) is 91.8 Å². The van der Waals surface area contributed by atoms with Gasteiger partial charge in [0.1, 0.15) is 15.9 Å². The molecule has 28 heavy (non-hydrogen) atoms. The molecule has 1 aromatic carbocycles. The van der Waals surface area contributed by atoms with E-state index < -0.39 is 33.6 Å². The van der Waals surface area contributed by atoms with Gasteiger partial charge >= 0.3 is 0 Å². The van der Waals surface area contributed by atoms with Crippen LogP contribution in [0.15, 0.2) is 12.1 Å². The molecule has 0 radical (unpaired) electrons. The number of carbonyl (C=O) groups excluding carboxylic acids is 3. The van der Waals surface area contributed by atoms with Gasteiger partial charge in [-0.15, -0.1) is 0 Å². The molecule has 3 amide bonds. The minimum absolute atomic E-state index is 0.0650. The van der Waals surface area contributed by atoms with Crippen molar-refractivity contribution in [3.63, 3.8) is 0 Å². The SMILES string of the molecule is CS(=O)(=O)CCC(C(=O)N1CCCCC1)N1C(=O)c2cc(Cl)c(Cl)cc2C1=O. The number of likely N-dealkylation sites (tertiary alicyclic amines) is 1. The molecular formula is C18H20Cl2N2O5S. The van der Waals surface area contributed by atoms with Crippen LogP contribution in [-0.4, -0.2) is 67.1 Å². The van der Waals surface area contributed by atoms with E-state index in [-0.39, 0.29) is 33.3 Å². The molecule has 152 valence electrons. The molecule has 0 N–H and O–H groups in total. The van der Waals surface area contributed by atoms with Crippen molar-refractivity contribution in [1.82, 2.24) is 9.80 Å². The molecule has 2 heterocycles. The number of rotatable bonds is 5. The van der Waals surface area contributed by atoms with Crippen molar-refractivity contribution in [3.05, 3.63) is 33.3 Å². The summed E-state index contributed by atoms with van der Waals surface area (Å²) in [4.78, 5) is 41.4. The van der Waals surface area contributed by atoms with Gasteiger partial charge < -0.3 is 4.90 Å². The molecule has 0 aliphatic carbocycles. The molecular weight excluding hydrogens is 427 g/mol. The summed E-state index contributed by atoms with van der Waals surface area (Å²) in [5, 5.41) is 0.247. The van der Waals surface area contributed by atoms with Crippen LogP contribution in [0.1, 0.15) is 46.4 Å². The van der Waals surface area contributed by atoms with Crippen LogP contribution in [0, 0.1) is 0 Å². The first-order chi connectivity index (χ1) is 13.1. The Kier molecular flexibility index (Phi) is 6.03. The predicted octanol–water partition coefficient (Wildman–Crippen LogP) is 2.41. The number of amides is 3. The molecule has 0 spiro atoms. The minimum atomic E-state index is -3.39. The second-order valence-electron chi connectivity index (χ2n) is 7.11. The van der Waals surface area contributed by atoms with Gasteiger partial charge in [0.25, 0.3) is 11.8 Å². The zero-order chi connectivity index (χ0) is 20.6. The second-order valence-corrected chi connectivity index (χ2v) is 10.2. The van der Waals surface area contributed by atoms with Crippen molar-refractivity contribution in [3.8, 4) is 0 Å². The lowest BCUT2D eigenvalue weighted by Gasteiger charge is -2.33. The van der Waals surface area contributed by atoms with E-state index in [1.165, 1.54) is 12.1 Å². The van der Waals surface area contributed by atoms with E-state index in [4.69, 9.17) is 23.2 Å². The molecule has 0 saturated carbocycles. The number of sulfone groups is 1. The van der Waals surface area contributed by atoms with Gasteiger partial charge in [-0.2, -0.15) is 0 Å². The van der Waals surface area contributed by atoms with Crippen molar-refractivity contribution in [2.24, 2.45) is 0 Å². The summed E-state index contributed by atoms with van der Waals surface area (Å²) in [6.45, 7) is 1.05. The van der Waals surface area contributed by atoms with Gasteiger partial charge in [-0.25, -0.2) is 8.42 Å². The molecule has 1 atom stereocenters. The molecule has 10 heteroatoms. The van der Waals surface area contributed by atoms with Crippen molar-refractivity contribution in [2.45, 2.75) is 31.7 Å². The highest BCUT2D eigenvalue weighted by Crippen LogP contribution is 2.33. The Balaban J connectivity index is 1.96. The average Bonchev–Trinajstić information content (AvgIpc) is 2.87. The molecule has 1 aromatic rings. The number of hydrogen-bond acceptors (Lipinski definition) is 5. The molecule has 1 saturated heterocycles. The third-order valence-corrected chi connectivity index (χ3v) is 6.68. The van der Waals surface area contributed by atoms with E-state index in [1.807, 2.05) is 0 Å². The maximum absolute atomic E-state index is 13.1. The second kappa shape index (κ2) is 8.00. The Labute approximate surface area is 173 Å². The Morgan fingerprint density at radius 1 is 1.04 bits per heavy atom. The van der Waals surface area contributed by atoms with E-state index in [9.17, 15) is 22.8 Å². The lowest BCUT2D eigenvalue weighted by molar-refractivity contribution is -0.136. The van der Waals surface area contributed by atoms with E-state index in [1.54, 1.807) is 4.90 Å². The summed E-state index contributed by atoms with van der Waals surface area (Å²) < 4.78 is 23.3. The number of imide groups is 1. The van der Waals surface area contributed by atoms with Gasteiger partial charge in [0.05, 0.1) is 26.9 Å². The van der Waals surface area contributed by atoms with Gasteiger partial charge in [0.15, 0.2) is 0 Å². The Hall–Kier alpha value is -1.64. The standard InChI is InChI=1S/C18H20Cl2N2O5S/c1-28(26,27)8-5-15(18(25)21-6-3-2-4-7-21)22-16(23)11-9-13(19)14(20)10-12(11)17(22)24/h9-10,15H,2-8H2,1H3. The lowest BCUT2D eigenvalue weighted by atomic mass is 10.1. The van der Waals surface area contributed by atoms with Crippen LogP contribution in [0.4, 0.5) is 0 Å². The summed E-state index contributed by atoms with van der Waals surface area (Å²) in [6, 6.07) is 1.43. The van der Waals surface area contributed by atoms with Gasteiger partial charge in [0.2, 0.25) is 5.91 Å². The van der Waals surface area contributed by atoms with E-state index in [0.717, 1.165) is 30.4 Å². The van der Waals surface area contributed by atoms with Crippen molar-refractivity contribution < 1.29 is 22.8 Å². The smallest absolute Gasteiger partial charge is 0.262 e. The number of carbonyl (C=O) groups is 3. The highest BCUT2D eigenvalue weighted by atomic mass is 35.5. The van der Waals surface area contributed by atoms with Crippen LogP contribution in [0.25, 0.3) is 0 Å². The molecule has 7 nitrogen and oxygen atoms in total. The minimum Gasteiger partial charge on any atom is -0.341 e. The van der Waals surface area contributed by atoms with E-state index in [2.05, 4.69) is 0 Å². The van der Waals surface area contributed by atoms with Gasteiger partial charge in [0, 0.05) is 19.3 Å². The summed E-state index contributed by atoms with van der Waals surface area (Å²) in [7, 11) is -3.39. The Morgan fingerprint density at radius 3 is 2.00 bits per heavy atom. The van der Waals surface area contributed by atoms with Gasteiger partial charge in [-0.3, -0.25) is 19.3 Å². The van der Waals surface area contributed by atoms with Crippen LogP contribution in [0.5, 0.6) is 0 Å². The third-order valence-electron chi connectivity index (χ3n) is 4.99. The first-order valence-corrected chi connectivity index (χ1v) is 11.8. The number of piperidine rings is 1. The van der Waals surface area contributed by atoms with Crippen LogP contribution in [0.2, 0.25) is 10.0 Å². The largest absolute Gasteiger partial charge is 0.341 e. The van der Waals surface area contributed by atoms with Gasteiger partial charge in [-0.1, -0.05) is 23.2 Å².